The lowest BCUT2D eigenvalue weighted by atomic mass is 9.60. The van der Waals surface area contributed by atoms with E-state index in [0.29, 0.717) is 12.0 Å². The number of esters is 4. The average Bonchev–Trinajstić information content (AvgIpc) is 3.45. The minimum absolute atomic E-state index is 0.0956. The normalized spacial score (nSPS) is 25.0. The van der Waals surface area contributed by atoms with E-state index in [1.807, 2.05) is 6.07 Å². The molecule has 0 bridgehead atoms. The van der Waals surface area contributed by atoms with Crippen molar-refractivity contribution in [3.63, 3.8) is 0 Å². The Kier molecular flexibility index (Phi) is 11.5. The van der Waals surface area contributed by atoms with Gasteiger partial charge >= 0.3 is 23.9 Å². The topological polar surface area (TPSA) is 116 Å². The van der Waals surface area contributed by atoms with Crippen molar-refractivity contribution in [3.05, 3.63) is 35.4 Å². The van der Waals surface area contributed by atoms with Crippen LogP contribution in [0.25, 0.3) is 0 Å². The van der Waals surface area contributed by atoms with Gasteiger partial charge in [0.2, 0.25) is 5.91 Å². The second-order valence-electron chi connectivity index (χ2n) is 12.0. The van der Waals surface area contributed by atoms with Crippen LogP contribution in [0.3, 0.4) is 0 Å². The lowest BCUT2D eigenvalue weighted by molar-refractivity contribution is -0.156. The van der Waals surface area contributed by atoms with Crippen molar-refractivity contribution in [2.24, 2.45) is 17.8 Å². The summed E-state index contributed by atoms with van der Waals surface area (Å²) in [4.78, 5) is 62.9. The Hall–Kier alpha value is -3.03. The van der Waals surface area contributed by atoms with Crippen molar-refractivity contribution < 1.29 is 33.4 Å². The predicted molar refractivity (Wildman–Crippen MR) is 153 cm³/mol. The molecule has 0 aromatic heterocycles. The first kappa shape index (κ1) is 30.9. The number of ether oxygens (including phenoxy) is 2. The van der Waals surface area contributed by atoms with Crippen molar-refractivity contribution in [2.75, 3.05) is 6.54 Å². The van der Waals surface area contributed by atoms with E-state index in [1.54, 1.807) is 18.2 Å². The van der Waals surface area contributed by atoms with Gasteiger partial charge in [0.25, 0.3) is 0 Å². The van der Waals surface area contributed by atoms with Crippen molar-refractivity contribution in [2.45, 2.75) is 115 Å². The molecular formula is C33H45NO7. The Balaban J connectivity index is 1.25. The van der Waals surface area contributed by atoms with Crippen molar-refractivity contribution in [3.8, 4) is 0 Å². The number of cyclic esters (lactones) is 4. The van der Waals surface area contributed by atoms with E-state index < -0.39 is 53.5 Å². The molecule has 41 heavy (non-hydrogen) atoms. The van der Waals surface area contributed by atoms with Gasteiger partial charge in [-0.2, -0.15) is 0 Å². The molecule has 1 N–H and O–H groups in total. The fourth-order valence-corrected chi connectivity index (χ4v) is 6.97. The largest absolute Gasteiger partial charge is 0.393 e. The van der Waals surface area contributed by atoms with Gasteiger partial charge in [0.15, 0.2) is 0 Å². The number of hydrogen-bond donors (Lipinski definition) is 1. The maximum atomic E-state index is 12.9. The van der Waals surface area contributed by atoms with Crippen LogP contribution in [0.4, 0.5) is 0 Å². The van der Waals surface area contributed by atoms with Gasteiger partial charge in [-0.1, -0.05) is 108 Å². The maximum Gasteiger partial charge on any atom is 0.321 e. The van der Waals surface area contributed by atoms with Gasteiger partial charge in [0, 0.05) is 18.9 Å². The lowest BCUT2D eigenvalue weighted by Crippen LogP contribution is -2.45. The Morgan fingerprint density at radius 1 is 0.732 bits per heavy atom. The summed E-state index contributed by atoms with van der Waals surface area (Å²) in [6, 6.07) is 7.18. The molecule has 4 rings (SSSR count). The van der Waals surface area contributed by atoms with Crippen LogP contribution in [0.1, 0.15) is 126 Å². The molecule has 0 saturated carbocycles. The third-order valence-corrected chi connectivity index (χ3v) is 9.08. The molecule has 8 heteroatoms. The van der Waals surface area contributed by atoms with Gasteiger partial charge in [-0.3, -0.25) is 24.0 Å². The zero-order valence-corrected chi connectivity index (χ0v) is 24.4. The number of benzene rings is 1. The molecule has 1 aromatic rings. The predicted octanol–water partition coefficient (Wildman–Crippen LogP) is 5.87. The highest BCUT2D eigenvalue weighted by Gasteiger charge is 2.58. The summed E-state index contributed by atoms with van der Waals surface area (Å²) in [6.45, 7) is 2.35. The molecule has 2 heterocycles. The average molecular weight is 568 g/mol. The number of rotatable bonds is 17. The van der Waals surface area contributed by atoms with E-state index in [2.05, 4.69) is 12.2 Å². The number of fused-ring (bicyclic) bond motifs is 3. The van der Waals surface area contributed by atoms with Crippen LogP contribution in [0.2, 0.25) is 0 Å². The van der Waals surface area contributed by atoms with Gasteiger partial charge in [0.05, 0.1) is 24.2 Å². The smallest absolute Gasteiger partial charge is 0.321 e. The van der Waals surface area contributed by atoms with Crippen LogP contribution in [-0.2, 0) is 33.4 Å². The SMILES string of the molecule is CCCCCCCCCCCCCCCC(=O)NCC1C2C(=O)OC(=O)C2c2ccccc2C1C1CC(=O)OC1=O. The first-order valence-electron chi connectivity index (χ1n) is 15.8. The Labute approximate surface area is 243 Å². The Bertz CT molecular complexity index is 1100. The summed E-state index contributed by atoms with van der Waals surface area (Å²) in [5.41, 5.74) is 1.37. The quantitative estimate of drug-likeness (QED) is 0.142. The molecule has 8 nitrogen and oxygen atoms in total. The van der Waals surface area contributed by atoms with Crippen LogP contribution < -0.4 is 5.32 Å². The van der Waals surface area contributed by atoms with Crippen molar-refractivity contribution in [1.82, 2.24) is 5.32 Å². The Morgan fingerprint density at radius 2 is 1.32 bits per heavy atom. The number of hydrogen-bond acceptors (Lipinski definition) is 7. The molecule has 5 unspecified atom stereocenters. The molecule has 5 atom stereocenters. The number of unbranched alkanes of at least 4 members (excludes halogenated alkanes) is 12. The summed E-state index contributed by atoms with van der Waals surface area (Å²) in [5, 5.41) is 2.96. The van der Waals surface area contributed by atoms with Crippen LogP contribution >= 0.6 is 0 Å². The molecule has 0 radical (unpaired) electrons. The summed E-state index contributed by atoms with van der Waals surface area (Å²) in [5.74, 6) is -6.14. The minimum atomic E-state index is -0.831. The second kappa shape index (κ2) is 15.3. The van der Waals surface area contributed by atoms with Gasteiger partial charge in [-0.25, -0.2) is 0 Å². The fraction of sp³-hybridized carbons (Fsp3) is 0.667. The van der Waals surface area contributed by atoms with Gasteiger partial charge in [0.1, 0.15) is 0 Å². The van der Waals surface area contributed by atoms with Crippen LogP contribution in [0, 0.1) is 17.8 Å². The molecule has 1 aliphatic carbocycles. The van der Waals surface area contributed by atoms with Gasteiger partial charge in [-0.15, -0.1) is 0 Å². The molecule has 2 fully saturated rings. The first-order valence-corrected chi connectivity index (χ1v) is 15.8. The summed E-state index contributed by atoms with van der Waals surface area (Å²) in [7, 11) is 0. The number of amides is 1. The lowest BCUT2D eigenvalue weighted by Gasteiger charge is -2.40. The molecule has 3 aliphatic rings. The van der Waals surface area contributed by atoms with Crippen LogP contribution in [-0.4, -0.2) is 36.3 Å². The molecule has 224 valence electrons. The van der Waals surface area contributed by atoms with E-state index in [1.165, 1.54) is 64.2 Å². The summed E-state index contributed by atoms with van der Waals surface area (Å²) >= 11 is 0. The number of nitrogens with one attached hydrogen (secondary N) is 1. The van der Waals surface area contributed by atoms with Crippen LogP contribution in [0.5, 0.6) is 0 Å². The van der Waals surface area contributed by atoms with Crippen molar-refractivity contribution >= 4 is 29.8 Å². The zero-order valence-electron chi connectivity index (χ0n) is 24.4. The van der Waals surface area contributed by atoms with E-state index in [4.69, 9.17) is 9.47 Å². The molecule has 1 aromatic carbocycles. The second-order valence-corrected chi connectivity index (χ2v) is 12.0. The summed E-state index contributed by atoms with van der Waals surface area (Å²) < 4.78 is 9.90. The number of carbonyl (C=O) groups excluding carboxylic acids is 5. The zero-order chi connectivity index (χ0) is 29.2. The highest BCUT2D eigenvalue weighted by molar-refractivity contribution is 6.01. The summed E-state index contributed by atoms with van der Waals surface area (Å²) in [6.07, 6.45) is 16.3. The van der Waals surface area contributed by atoms with Gasteiger partial charge < -0.3 is 14.8 Å². The highest BCUT2D eigenvalue weighted by Crippen LogP contribution is 2.54. The third kappa shape index (κ3) is 7.83. The number of carbonyl (C=O) groups is 5. The molecule has 2 aliphatic heterocycles. The van der Waals surface area contributed by atoms with Crippen molar-refractivity contribution in [1.29, 1.82) is 0 Å². The third-order valence-electron chi connectivity index (χ3n) is 9.08. The molecule has 1 amide bonds. The monoisotopic (exact) mass is 567 g/mol. The van der Waals surface area contributed by atoms with E-state index in [9.17, 15) is 24.0 Å². The Morgan fingerprint density at radius 3 is 1.90 bits per heavy atom. The van der Waals surface area contributed by atoms with Crippen LogP contribution in [0.15, 0.2) is 24.3 Å². The van der Waals surface area contributed by atoms with E-state index in [0.717, 1.165) is 24.8 Å². The van der Waals surface area contributed by atoms with Gasteiger partial charge in [-0.05, 0) is 23.5 Å². The molecular weight excluding hydrogens is 522 g/mol. The fourth-order valence-electron chi connectivity index (χ4n) is 6.97. The minimum Gasteiger partial charge on any atom is -0.393 e. The molecule has 2 saturated heterocycles. The maximum absolute atomic E-state index is 12.9. The standard InChI is InChI=1S/C33H45NO7/c1-2-3-4-5-6-7-8-9-10-11-12-13-14-19-26(35)34-21-25-28(24-20-27(36)40-31(24)37)22-17-15-16-18-23(22)29-30(25)33(39)41-32(29)38/h15-18,24-25,28-30H,2-14,19-21H2,1H3,(H,34,35). The first-order chi connectivity index (χ1) is 19.9. The highest BCUT2D eigenvalue weighted by atomic mass is 16.6. The molecule has 0 spiro atoms. The van der Waals surface area contributed by atoms with E-state index in [-0.39, 0.29) is 18.9 Å². The van der Waals surface area contributed by atoms with E-state index >= 15 is 0 Å².